The van der Waals surface area contributed by atoms with Crippen LogP contribution >= 0.6 is 0 Å². The second-order valence-electron chi connectivity index (χ2n) is 5.28. The van der Waals surface area contributed by atoms with Crippen LogP contribution in [0.4, 0.5) is 8.78 Å². The average molecular weight is 312 g/mol. The molecule has 2 N–H and O–H groups in total. The largest absolute Gasteiger partial charge is 0.497 e. The summed E-state index contributed by atoms with van der Waals surface area (Å²) in [6, 6.07) is 1.51. The van der Waals surface area contributed by atoms with Gasteiger partial charge in [0.15, 0.2) is 0 Å². The van der Waals surface area contributed by atoms with Crippen molar-refractivity contribution < 1.29 is 23.1 Å². The number of rotatable bonds is 4. The highest BCUT2D eigenvalue weighted by Gasteiger charge is 2.32. The van der Waals surface area contributed by atoms with Crippen LogP contribution in [0.15, 0.2) is 12.1 Å². The summed E-state index contributed by atoms with van der Waals surface area (Å²) in [5, 5.41) is 0. The van der Waals surface area contributed by atoms with E-state index in [1.807, 2.05) is 0 Å². The molecule has 0 aromatic heterocycles. The zero-order chi connectivity index (χ0) is 16.3. The Hall–Kier alpha value is -2.18. The Morgan fingerprint density at radius 2 is 1.95 bits per heavy atom. The summed E-state index contributed by atoms with van der Waals surface area (Å²) in [6.07, 6.45) is 2.15. The Kier molecular flexibility index (Phi) is 4.95. The molecule has 1 aliphatic rings. The highest BCUT2D eigenvalue weighted by molar-refractivity contribution is 5.95. The summed E-state index contributed by atoms with van der Waals surface area (Å²) in [5.41, 5.74) is 4.55. The number of nitrogens with zero attached hydrogens (tertiary/aromatic N) is 1. The minimum Gasteiger partial charge on any atom is -0.497 e. The Balaban J connectivity index is 2.31. The van der Waals surface area contributed by atoms with Crippen molar-refractivity contribution in [2.75, 3.05) is 13.7 Å². The molecule has 1 atom stereocenters. The monoisotopic (exact) mass is 312 g/mol. The minimum absolute atomic E-state index is 0.00104. The molecule has 1 fully saturated rings. The number of hydrogen-bond acceptors (Lipinski definition) is 3. The van der Waals surface area contributed by atoms with Crippen LogP contribution in [0, 0.1) is 11.6 Å². The summed E-state index contributed by atoms with van der Waals surface area (Å²) in [5.74, 6) is -3.27. The topological polar surface area (TPSA) is 72.6 Å². The molecule has 0 aliphatic carbocycles. The maximum Gasteiger partial charge on any atom is 0.260 e. The van der Waals surface area contributed by atoms with E-state index in [2.05, 4.69) is 0 Å². The first-order chi connectivity index (χ1) is 10.4. The van der Waals surface area contributed by atoms with Gasteiger partial charge in [-0.25, -0.2) is 8.78 Å². The Morgan fingerprint density at radius 1 is 1.32 bits per heavy atom. The quantitative estimate of drug-likeness (QED) is 0.922. The third-order valence-corrected chi connectivity index (χ3v) is 3.79. The van der Waals surface area contributed by atoms with Crippen LogP contribution in [0.25, 0.3) is 0 Å². The molecule has 1 aliphatic heterocycles. The molecule has 0 bridgehead atoms. The van der Waals surface area contributed by atoms with Gasteiger partial charge in [0.1, 0.15) is 22.9 Å². The standard InChI is InChI=1S/C15H18F2N2O3/c1-22-10-7-11(16)14(12(17)8-10)15(21)19-5-3-2-4-9(19)6-13(18)20/h7-9H,2-6H2,1H3,(H2,18,20). The fourth-order valence-corrected chi connectivity index (χ4v) is 2.73. The number of hydrogen-bond donors (Lipinski definition) is 1. The van der Waals surface area contributed by atoms with E-state index in [4.69, 9.17) is 10.5 Å². The summed E-state index contributed by atoms with van der Waals surface area (Å²) >= 11 is 0. The average Bonchev–Trinajstić information content (AvgIpc) is 2.46. The molecule has 0 saturated carbocycles. The minimum atomic E-state index is -0.981. The molecule has 0 radical (unpaired) electrons. The number of carbonyl (C=O) groups is 2. The molecule has 0 spiro atoms. The van der Waals surface area contributed by atoms with Crippen LogP contribution in [-0.4, -0.2) is 36.4 Å². The number of nitrogens with two attached hydrogens (primary N) is 1. The van der Waals surface area contributed by atoms with Crippen molar-refractivity contribution >= 4 is 11.8 Å². The number of likely N-dealkylation sites (tertiary alicyclic amines) is 1. The molecule has 1 saturated heterocycles. The first-order valence-corrected chi connectivity index (χ1v) is 7.06. The second-order valence-corrected chi connectivity index (χ2v) is 5.28. The van der Waals surface area contributed by atoms with Gasteiger partial charge in [0.25, 0.3) is 5.91 Å². The third-order valence-electron chi connectivity index (χ3n) is 3.79. The summed E-state index contributed by atoms with van der Waals surface area (Å²) in [7, 11) is 1.28. The molecule has 1 aromatic rings. The summed E-state index contributed by atoms with van der Waals surface area (Å²) < 4.78 is 32.8. The number of piperidine rings is 1. The number of methoxy groups -OCH3 is 1. The van der Waals surface area contributed by atoms with Crippen LogP contribution in [0.3, 0.4) is 0 Å². The fraction of sp³-hybridized carbons (Fsp3) is 0.467. The molecule has 1 aromatic carbocycles. The van der Waals surface area contributed by atoms with E-state index in [0.717, 1.165) is 25.0 Å². The van der Waals surface area contributed by atoms with E-state index in [1.54, 1.807) is 0 Å². The van der Waals surface area contributed by atoms with Crippen molar-refractivity contribution in [3.63, 3.8) is 0 Å². The Labute approximate surface area is 127 Å². The molecule has 22 heavy (non-hydrogen) atoms. The lowest BCUT2D eigenvalue weighted by Gasteiger charge is -2.35. The maximum atomic E-state index is 14.0. The smallest absolute Gasteiger partial charge is 0.260 e. The van der Waals surface area contributed by atoms with Crippen molar-refractivity contribution in [3.8, 4) is 5.75 Å². The van der Waals surface area contributed by atoms with Crippen LogP contribution in [-0.2, 0) is 4.79 Å². The van der Waals surface area contributed by atoms with Gasteiger partial charge in [-0.1, -0.05) is 0 Å². The Bertz CT molecular complexity index is 569. The normalized spacial score (nSPS) is 18.1. The zero-order valence-corrected chi connectivity index (χ0v) is 12.3. The SMILES string of the molecule is COc1cc(F)c(C(=O)N2CCCCC2CC(N)=O)c(F)c1. The lowest BCUT2D eigenvalue weighted by Crippen LogP contribution is -2.46. The van der Waals surface area contributed by atoms with E-state index < -0.39 is 35.1 Å². The molecule has 1 heterocycles. The molecular weight excluding hydrogens is 294 g/mol. The number of benzene rings is 1. The van der Waals surface area contributed by atoms with Gasteiger partial charge in [0, 0.05) is 31.1 Å². The zero-order valence-electron chi connectivity index (χ0n) is 12.3. The van der Waals surface area contributed by atoms with Crippen LogP contribution < -0.4 is 10.5 Å². The third kappa shape index (κ3) is 3.35. The van der Waals surface area contributed by atoms with E-state index in [-0.39, 0.29) is 12.2 Å². The predicted molar refractivity (Wildman–Crippen MR) is 75.4 cm³/mol. The van der Waals surface area contributed by atoms with Crippen molar-refractivity contribution in [2.24, 2.45) is 5.73 Å². The van der Waals surface area contributed by atoms with Gasteiger partial charge in [-0.15, -0.1) is 0 Å². The van der Waals surface area contributed by atoms with Gasteiger partial charge in [-0.2, -0.15) is 0 Å². The number of halogens is 2. The molecule has 120 valence electrons. The number of primary amides is 1. The van der Waals surface area contributed by atoms with Crippen molar-refractivity contribution in [1.29, 1.82) is 0 Å². The first kappa shape index (κ1) is 16.2. The van der Waals surface area contributed by atoms with Gasteiger partial charge in [0.2, 0.25) is 5.91 Å². The van der Waals surface area contributed by atoms with Crippen molar-refractivity contribution in [3.05, 3.63) is 29.3 Å². The molecule has 2 amide bonds. The van der Waals surface area contributed by atoms with Gasteiger partial charge >= 0.3 is 0 Å². The van der Waals surface area contributed by atoms with E-state index in [1.165, 1.54) is 12.0 Å². The van der Waals surface area contributed by atoms with E-state index in [9.17, 15) is 18.4 Å². The fourth-order valence-electron chi connectivity index (χ4n) is 2.73. The lowest BCUT2D eigenvalue weighted by atomic mass is 9.97. The van der Waals surface area contributed by atoms with Crippen LogP contribution in [0.5, 0.6) is 5.75 Å². The maximum absolute atomic E-state index is 14.0. The number of amides is 2. The number of carbonyl (C=O) groups excluding carboxylic acids is 2. The highest BCUT2D eigenvalue weighted by Crippen LogP contribution is 2.26. The Morgan fingerprint density at radius 3 is 2.50 bits per heavy atom. The molecule has 2 rings (SSSR count). The van der Waals surface area contributed by atoms with Crippen molar-refractivity contribution in [1.82, 2.24) is 4.90 Å². The first-order valence-electron chi connectivity index (χ1n) is 7.06. The van der Waals surface area contributed by atoms with E-state index in [0.29, 0.717) is 13.0 Å². The van der Waals surface area contributed by atoms with Gasteiger partial charge in [-0.05, 0) is 19.3 Å². The predicted octanol–water partition coefficient (Wildman–Crippen LogP) is 1.84. The second kappa shape index (κ2) is 6.72. The molecule has 7 heteroatoms. The van der Waals surface area contributed by atoms with Gasteiger partial charge < -0.3 is 15.4 Å². The van der Waals surface area contributed by atoms with Crippen molar-refractivity contribution in [2.45, 2.75) is 31.7 Å². The lowest BCUT2D eigenvalue weighted by molar-refractivity contribution is -0.119. The van der Waals surface area contributed by atoms with Gasteiger partial charge in [-0.3, -0.25) is 9.59 Å². The van der Waals surface area contributed by atoms with Crippen LogP contribution in [0.2, 0.25) is 0 Å². The van der Waals surface area contributed by atoms with Gasteiger partial charge in [0.05, 0.1) is 7.11 Å². The molecular formula is C15H18F2N2O3. The summed E-state index contributed by atoms with van der Waals surface area (Å²) in [4.78, 5) is 24.9. The molecule has 1 unspecified atom stereocenters. The highest BCUT2D eigenvalue weighted by atomic mass is 19.1. The van der Waals surface area contributed by atoms with E-state index >= 15 is 0 Å². The van der Waals surface area contributed by atoms with Crippen LogP contribution in [0.1, 0.15) is 36.0 Å². The molecule has 5 nitrogen and oxygen atoms in total. The number of ether oxygens (including phenoxy) is 1. The summed E-state index contributed by atoms with van der Waals surface area (Å²) in [6.45, 7) is 0.349.